The molecule has 0 spiro atoms. The first-order chi connectivity index (χ1) is 10.3. The first-order valence-corrected chi connectivity index (χ1v) is 7.04. The van der Waals surface area contributed by atoms with E-state index in [2.05, 4.69) is 4.98 Å². The van der Waals surface area contributed by atoms with Crippen LogP contribution in [0.5, 0.6) is 5.75 Å². The molecular formula is C18H17NO2. The van der Waals surface area contributed by atoms with Gasteiger partial charge in [0.05, 0.1) is 12.1 Å². The Balaban J connectivity index is 1.98. The Morgan fingerprint density at radius 2 is 1.86 bits per heavy atom. The molecule has 0 saturated carbocycles. The molecule has 106 valence electrons. The summed E-state index contributed by atoms with van der Waals surface area (Å²) in [7, 11) is 0. The summed E-state index contributed by atoms with van der Waals surface area (Å²) in [4.78, 5) is 4.33. The molecule has 0 aliphatic rings. The van der Waals surface area contributed by atoms with E-state index in [1.54, 1.807) is 6.20 Å². The highest BCUT2D eigenvalue weighted by Gasteiger charge is 2.13. The minimum absolute atomic E-state index is 0.636. The molecule has 0 radical (unpaired) electrons. The van der Waals surface area contributed by atoms with Gasteiger partial charge in [0.25, 0.3) is 0 Å². The molecule has 0 saturated heterocycles. The highest BCUT2D eigenvalue weighted by Crippen LogP contribution is 2.28. The summed E-state index contributed by atoms with van der Waals surface area (Å²) in [6.45, 7) is 2.59. The van der Waals surface area contributed by atoms with Gasteiger partial charge in [-0.05, 0) is 42.3 Å². The lowest BCUT2D eigenvalue weighted by atomic mass is 9.97. The molecule has 3 nitrogen and oxygen atoms in total. The van der Waals surface area contributed by atoms with Gasteiger partial charge in [-0.25, -0.2) is 0 Å². The molecule has 21 heavy (non-hydrogen) atoms. The normalized spacial score (nSPS) is 12.3. The summed E-state index contributed by atoms with van der Waals surface area (Å²) in [6, 6.07) is 17.2. The van der Waals surface area contributed by atoms with Crippen molar-refractivity contribution in [2.75, 3.05) is 6.61 Å². The molecule has 0 aliphatic heterocycles. The van der Waals surface area contributed by atoms with Crippen LogP contribution in [0.25, 0.3) is 10.9 Å². The van der Waals surface area contributed by atoms with Crippen molar-refractivity contribution in [1.29, 1.82) is 0 Å². The number of aliphatic hydroxyl groups excluding tert-OH is 1. The molecule has 3 heteroatoms. The van der Waals surface area contributed by atoms with Crippen LogP contribution in [-0.2, 0) is 0 Å². The van der Waals surface area contributed by atoms with Gasteiger partial charge in [0.15, 0.2) is 0 Å². The topological polar surface area (TPSA) is 42.4 Å². The van der Waals surface area contributed by atoms with E-state index in [0.29, 0.717) is 6.61 Å². The average molecular weight is 279 g/mol. The zero-order valence-corrected chi connectivity index (χ0v) is 11.9. The fourth-order valence-corrected chi connectivity index (χ4v) is 2.46. The summed E-state index contributed by atoms with van der Waals surface area (Å²) in [6.07, 6.45) is 1.09. The van der Waals surface area contributed by atoms with Crippen molar-refractivity contribution in [3.63, 3.8) is 0 Å². The van der Waals surface area contributed by atoms with Crippen molar-refractivity contribution in [1.82, 2.24) is 4.98 Å². The number of aliphatic hydroxyl groups is 1. The van der Waals surface area contributed by atoms with E-state index in [1.807, 2.05) is 61.5 Å². The highest BCUT2D eigenvalue weighted by molar-refractivity contribution is 5.82. The number of nitrogens with zero attached hydrogens (tertiary/aromatic N) is 1. The zero-order valence-electron chi connectivity index (χ0n) is 11.9. The van der Waals surface area contributed by atoms with Crippen LogP contribution in [0.1, 0.15) is 24.2 Å². The van der Waals surface area contributed by atoms with Crippen molar-refractivity contribution in [2.24, 2.45) is 0 Å². The molecule has 0 amide bonds. The van der Waals surface area contributed by atoms with E-state index in [4.69, 9.17) is 4.74 Å². The molecule has 3 aromatic rings. The number of aromatic nitrogens is 1. The minimum atomic E-state index is -0.673. The van der Waals surface area contributed by atoms with Gasteiger partial charge in [0.1, 0.15) is 11.9 Å². The van der Waals surface area contributed by atoms with Crippen molar-refractivity contribution < 1.29 is 9.84 Å². The highest BCUT2D eigenvalue weighted by atomic mass is 16.5. The smallest absolute Gasteiger partial charge is 0.119 e. The lowest BCUT2D eigenvalue weighted by molar-refractivity contribution is 0.221. The third-order valence-electron chi connectivity index (χ3n) is 3.48. The predicted octanol–water partition coefficient (Wildman–Crippen LogP) is 3.72. The maximum absolute atomic E-state index is 10.6. The second-order valence-corrected chi connectivity index (χ2v) is 4.82. The van der Waals surface area contributed by atoms with Gasteiger partial charge in [-0.3, -0.25) is 4.98 Å². The molecule has 1 N–H and O–H groups in total. The lowest BCUT2D eigenvalue weighted by Gasteiger charge is -2.14. The van der Waals surface area contributed by atoms with E-state index in [-0.39, 0.29) is 0 Å². The number of ether oxygens (including phenoxy) is 1. The van der Waals surface area contributed by atoms with E-state index in [9.17, 15) is 5.11 Å². The van der Waals surface area contributed by atoms with Crippen LogP contribution in [0.15, 0.2) is 60.8 Å². The molecular weight excluding hydrogens is 262 g/mol. The molecule has 0 bridgehead atoms. The van der Waals surface area contributed by atoms with Gasteiger partial charge in [0.2, 0.25) is 0 Å². The Labute approximate surface area is 123 Å². The Morgan fingerprint density at radius 3 is 2.62 bits per heavy atom. The van der Waals surface area contributed by atoms with Crippen LogP contribution >= 0.6 is 0 Å². The number of hydrogen-bond donors (Lipinski definition) is 1. The summed E-state index contributed by atoms with van der Waals surface area (Å²) in [5.74, 6) is 0.813. The van der Waals surface area contributed by atoms with Gasteiger partial charge < -0.3 is 9.84 Å². The number of hydrogen-bond acceptors (Lipinski definition) is 3. The van der Waals surface area contributed by atoms with Crippen molar-refractivity contribution in [3.8, 4) is 5.75 Å². The van der Waals surface area contributed by atoms with Crippen LogP contribution in [0.4, 0.5) is 0 Å². The summed E-state index contributed by atoms with van der Waals surface area (Å²) < 4.78 is 5.42. The third kappa shape index (κ3) is 2.73. The van der Waals surface area contributed by atoms with E-state index >= 15 is 0 Å². The standard InChI is InChI=1S/C18H17NO2/c1-2-21-14-10-8-13(9-11-14)18(20)16-5-3-7-17-15(16)6-4-12-19-17/h3-12,18,20H,2H2,1H3. The molecule has 1 unspecified atom stereocenters. The van der Waals surface area contributed by atoms with E-state index in [0.717, 1.165) is 27.8 Å². The third-order valence-corrected chi connectivity index (χ3v) is 3.48. The van der Waals surface area contributed by atoms with Gasteiger partial charge in [-0.15, -0.1) is 0 Å². The second kappa shape index (κ2) is 5.94. The summed E-state index contributed by atoms with van der Waals surface area (Å²) >= 11 is 0. The Morgan fingerprint density at radius 1 is 1.05 bits per heavy atom. The number of rotatable bonds is 4. The molecule has 0 aliphatic carbocycles. The monoisotopic (exact) mass is 279 g/mol. The van der Waals surface area contributed by atoms with Gasteiger partial charge in [-0.1, -0.05) is 30.3 Å². The SMILES string of the molecule is CCOc1ccc(C(O)c2cccc3ncccc23)cc1. The van der Waals surface area contributed by atoms with Crippen LogP contribution in [0.3, 0.4) is 0 Å². The van der Waals surface area contributed by atoms with Crippen molar-refractivity contribution >= 4 is 10.9 Å². The molecule has 1 atom stereocenters. The predicted molar refractivity (Wildman–Crippen MR) is 83.4 cm³/mol. The lowest BCUT2D eigenvalue weighted by Crippen LogP contribution is -2.01. The quantitative estimate of drug-likeness (QED) is 0.791. The molecule has 2 aromatic carbocycles. The minimum Gasteiger partial charge on any atom is -0.494 e. The van der Waals surface area contributed by atoms with Gasteiger partial charge in [0, 0.05) is 11.6 Å². The Kier molecular flexibility index (Phi) is 3.84. The fraction of sp³-hybridized carbons (Fsp3) is 0.167. The number of benzene rings is 2. The maximum atomic E-state index is 10.6. The number of fused-ring (bicyclic) bond motifs is 1. The van der Waals surface area contributed by atoms with Crippen LogP contribution in [0, 0.1) is 0 Å². The first kappa shape index (κ1) is 13.6. The Bertz CT molecular complexity index is 732. The summed E-state index contributed by atoms with van der Waals surface area (Å²) in [5, 5.41) is 11.6. The van der Waals surface area contributed by atoms with Crippen molar-refractivity contribution in [3.05, 3.63) is 71.9 Å². The average Bonchev–Trinajstić information content (AvgIpc) is 2.55. The van der Waals surface area contributed by atoms with E-state index < -0.39 is 6.10 Å². The molecule has 1 heterocycles. The van der Waals surface area contributed by atoms with Gasteiger partial charge >= 0.3 is 0 Å². The van der Waals surface area contributed by atoms with Gasteiger partial charge in [-0.2, -0.15) is 0 Å². The number of pyridine rings is 1. The molecule has 1 aromatic heterocycles. The molecule has 0 fully saturated rings. The maximum Gasteiger partial charge on any atom is 0.119 e. The fourth-order valence-electron chi connectivity index (χ4n) is 2.46. The first-order valence-electron chi connectivity index (χ1n) is 7.04. The van der Waals surface area contributed by atoms with Crippen molar-refractivity contribution in [2.45, 2.75) is 13.0 Å². The summed E-state index contributed by atoms with van der Waals surface area (Å²) in [5.41, 5.74) is 2.60. The zero-order chi connectivity index (χ0) is 14.7. The van der Waals surface area contributed by atoms with E-state index in [1.165, 1.54) is 0 Å². The molecule has 3 rings (SSSR count). The van der Waals surface area contributed by atoms with Crippen LogP contribution < -0.4 is 4.74 Å². The largest absolute Gasteiger partial charge is 0.494 e. The Hall–Kier alpha value is -2.39. The second-order valence-electron chi connectivity index (χ2n) is 4.82. The van der Waals surface area contributed by atoms with Crippen LogP contribution in [0.2, 0.25) is 0 Å². The van der Waals surface area contributed by atoms with Crippen LogP contribution in [-0.4, -0.2) is 16.7 Å².